The summed E-state index contributed by atoms with van der Waals surface area (Å²) in [7, 11) is 18.7. The number of nitrogens with one attached hydrogen (secondary N) is 3. The zero-order chi connectivity index (χ0) is 55.8. The fourth-order valence-electron chi connectivity index (χ4n) is 7.92. The maximum Gasteiger partial charge on any atom is 0.247 e. The third-order valence-corrected chi connectivity index (χ3v) is 12.1. The minimum Gasteiger partial charge on any atom is -0.496 e. The van der Waals surface area contributed by atoms with E-state index >= 15 is 0 Å². The normalized spacial score (nSPS) is 10.7. The molecule has 4 heterocycles. The van der Waals surface area contributed by atoms with E-state index in [1.54, 1.807) is 40.8 Å². The average Bonchev–Trinajstić information content (AvgIpc) is 4.09. The van der Waals surface area contributed by atoms with E-state index in [4.69, 9.17) is 46.3 Å². The van der Waals surface area contributed by atoms with Gasteiger partial charge in [-0.1, -0.05) is 25.3 Å². The van der Waals surface area contributed by atoms with E-state index < -0.39 is 5.24 Å². The number of halogens is 1. The number of benzene rings is 4. The molecule has 0 saturated carbocycles. The highest BCUT2D eigenvalue weighted by molar-refractivity contribution is 6.66. The molecule has 0 fully saturated rings. The Morgan fingerprint density at radius 1 is 0.597 bits per heavy atom. The summed E-state index contributed by atoms with van der Waals surface area (Å²) in [6.07, 6.45) is 9.60. The van der Waals surface area contributed by atoms with Crippen LogP contribution in [0.5, 0.6) is 23.0 Å². The number of likely N-dealkylation sites (N-methyl/N-ethyl adjacent to an activating group) is 4. The molecule has 0 atom stereocenters. The minimum absolute atomic E-state index is 0.309. The van der Waals surface area contributed by atoms with Gasteiger partial charge in [0.15, 0.2) is 0 Å². The van der Waals surface area contributed by atoms with Crippen LogP contribution in [-0.2, 0) is 9.59 Å². The van der Waals surface area contributed by atoms with Crippen molar-refractivity contribution in [2.45, 2.75) is 0 Å². The lowest BCUT2D eigenvalue weighted by Crippen LogP contribution is -2.29. The van der Waals surface area contributed by atoms with E-state index in [0.717, 1.165) is 82.8 Å². The molecule has 0 unspecified atom stereocenters. The van der Waals surface area contributed by atoms with Gasteiger partial charge in [0.25, 0.3) is 0 Å². The van der Waals surface area contributed by atoms with Crippen LogP contribution in [0.4, 0.5) is 46.0 Å². The number of carbonyl (C=O) groups excluding carboxylic acids is 2. The Bertz CT molecular complexity index is 3320. The number of rotatable bonds is 21. The van der Waals surface area contributed by atoms with Crippen molar-refractivity contribution in [3.05, 3.63) is 135 Å². The van der Waals surface area contributed by atoms with E-state index in [9.17, 15) is 9.59 Å². The molecule has 0 saturated heterocycles. The minimum atomic E-state index is -0.509. The molecule has 0 spiro atoms. The number of aromatic nitrogens is 6. The van der Waals surface area contributed by atoms with Crippen molar-refractivity contribution in [3.8, 4) is 34.6 Å². The van der Waals surface area contributed by atoms with Crippen LogP contribution in [0, 0.1) is 0 Å². The van der Waals surface area contributed by atoms with E-state index in [-0.39, 0.29) is 5.91 Å². The maximum absolute atomic E-state index is 12.2. The van der Waals surface area contributed by atoms with Crippen LogP contribution >= 0.6 is 11.6 Å². The zero-order valence-corrected chi connectivity index (χ0v) is 45.9. The first-order chi connectivity index (χ1) is 37.0. The average molecular weight is 1070 g/mol. The molecule has 0 aliphatic heterocycles. The Balaban J connectivity index is 0.000000230. The number of carbonyl (C=O) groups is 2. The molecule has 77 heavy (non-hydrogen) atoms. The molecule has 4 aromatic heterocycles. The molecule has 0 radical (unpaired) electrons. The number of amides is 1. The molecule has 8 aromatic rings. The maximum atomic E-state index is 12.2. The van der Waals surface area contributed by atoms with Crippen molar-refractivity contribution in [1.82, 2.24) is 38.9 Å². The van der Waals surface area contributed by atoms with E-state index in [1.165, 1.54) is 6.08 Å². The molecule has 4 aromatic carbocycles. The molecule has 20 nitrogen and oxygen atoms in total. The van der Waals surface area contributed by atoms with E-state index in [0.29, 0.717) is 52.0 Å². The summed E-state index contributed by atoms with van der Waals surface area (Å²) < 4.78 is 26.3. The van der Waals surface area contributed by atoms with Gasteiger partial charge in [-0.2, -0.15) is 9.97 Å². The molecule has 1 amide bonds. The number of nitrogens with two attached hydrogens (primary N) is 1. The summed E-state index contributed by atoms with van der Waals surface area (Å²) in [5.74, 6) is 4.77. The monoisotopic (exact) mass is 1070 g/mol. The van der Waals surface area contributed by atoms with Gasteiger partial charge in [0.2, 0.25) is 23.0 Å². The van der Waals surface area contributed by atoms with E-state index in [1.807, 2.05) is 149 Å². The number of ether oxygens (including phenoxy) is 4. The number of allylic oxidation sites excluding steroid dienone is 1. The number of fused-ring (bicyclic) bond motifs is 2. The Hall–Kier alpha value is -8.85. The van der Waals surface area contributed by atoms with Crippen molar-refractivity contribution in [2.75, 3.05) is 128 Å². The summed E-state index contributed by atoms with van der Waals surface area (Å²) in [4.78, 5) is 48.4. The fourth-order valence-corrected chi connectivity index (χ4v) is 7.92. The van der Waals surface area contributed by atoms with Crippen molar-refractivity contribution in [2.24, 2.45) is 0 Å². The Morgan fingerprint density at radius 2 is 1.04 bits per heavy atom. The highest BCUT2D eigenvalue weighted by Crippen LogP contribution is 2.39. The Morgan fingerprint density at radius 3 is 1.47 bits per heavy atom. The molecule has 404 valence electrons. The first-order valence-electron chi connectivity index (χ1n) is 24.2. The van der Waals surface area contributed by atoms with Gasteiger partial charge in [0, 0.05) is 88.0 Å². The summed E-state index contributed by atoms with van der Waals surface area (Å²) in [5, 5.41) is 10.9. The quantitative estimate of drug-likeness (QED) is 0.0301. The Labute approximate surface area is 454 Å². The van der Waals surface area contributed by atoms with Crippen molar-refractivity contribution >= 4 is 90.6 Å². The number of hydrogen-bond donors (Lipinski definition) is 4. The number of anilines is 8. The summed E-state index contributed by atoms with van der Waals surface area (Å²) in [5.41, 5.74) is 12.6. The smallest absolute Gasteiger partial charge is 0.247 e. The summed E-state index contributed by atoms with van der Waals surface area (Å²) in [6.45, 7) is 10.0. The van der Waals surface area contributed by atoms with Crippen LogP contribution in [0.1, 0.15) is 0 Å². The largest absolute Gasteiger partial charge is 0.496 e. The third kappa shape index (κ3) is 14.7. The lowest BCUT2D eigenvalue weighted by Gasteiger charge is -2.26. The van der Waals surface area contributed by atoms with Crippen LogP contribution in [0.2, 0.25) is 0 Å². The first-order valence-corrected chi connectivity index (χ1v) is 24.6. The molecule has 5 N–H and O–H groups in total. The second kappa shape index (κ2) is 27.1. The predicted octanol–water partition coefficient (Wildman–Crippen LogP) is 9.00. The SMILES string of the molecule is C=CC(=O)Cl.C=CC(=O)Nc1cc(Nc2nccc(-n3ccc4c(OC)cccc43)n2)c(OC)cc1N(C)CCN(C)C.COc1cc(N(C)CCN(C)C)c(N)cc1Nc1nccc(-n2ccc3c(OC)cccc32)n1. The van der Waals surface area contributed by atoms with Crippen LogP contribution < -0.4 is 50.4 Å². The van der Waals surface area contributed by atoms with Crippen molar-refractivity contribution in [1.29, 1.82) is 0 Å². The van der Waals surface area contributed by atoms with E-state index in [2.05, 4.69) is 58.7 Å². The fraction of sp³-hybridized carbons (Fsp3) is 0.250. The molecular formula is C56H67ClN14O6. The van der Waals surface area contributed by atoms with Crippen LogP contribution in [0.25, 0.3) is 33.4 Å². The van der Waals surface area contributed by atoms with Crippen LogP contribution in [0.15, 0.2) is 135 Å². The summed E-state index contributed by atoms with van der Waals surface area (Å²) in [6, 6.07) is 27.0. The van der Waals surface area contributed by atoms with Crippen molar-refractivity contribution in [3.63, 3.8) is 0 Å². The molecule has 0 aliphatic rings. The molecule has 8 rings (SSSR count). The topological polar surface area (TPSA) is 208 Å². The first kappa shape index (κ1) is 57.4. The highest BCUT2D eigenvalue weighted by Gasteiger charge is 2.19. The number of nitrogens with zero attached hydrogens (tertiary/aromatic N) is 10. The van der Waals surface area contributed by atoms with Gasteiger partial charge in [-0.3, -0.25) is 9.59 Å². The van der Waals surface area contributed by atoms with Crippen LogP contribution in [0.3, 0.4) is 0 Å². The highest BCUT2D eigenvalue weighted by atomic mass is 35.5. The van der Waals surface area contributed by atoms with Gasteiger partial charge in [0.1, 0.15) is 34.6 Å². The standard InChI is InChI=1S/C28H33N7O3.C25H31N7O2.C3H3ClO/c1-7-27(36)30-20-17-21(25(38-6)18-23(20)34(4)16-15-33(2)3)31-28-29-13-11-26(32-28)35-14-12-19-22(35)9-8-10-24(19)37-5;1-30(2)13-14-31(3)21-16-23(34-5)19(15-18(21)26)28-25-27-11-9-24(29-25)32-12-10-17-20(32)7-6-8-22(17)33-4;1-2-3(4)5/h7-14,17-18H,1,15-16H2,2-6H3,(H,30,36)(H,29,31,32);6-12,15-16H,13-14,26H2,1-5H3,(H,27,28,29);2H,1H2. The summed E-state index contributed by atoms with van der Waals surface area (Å²) >= 11 is 4.71. The molecule has 21 heteroatoms. The molecular weight excluding hydrogens is 1000 g/mol. The van der Waals surface area contributed by atoms with Crippen LogP contribution in [-0.4, -0.2) is 147 Å². The van der Waals surface area contributed by atoms with Gasteiger partial charge in [-0.05, 0) is 113 Å². The van der Waals surface area contributed by atoms with Gasteiger partial charge in [-0.15, -0.1) is 0 Å². The zero-order valence-electron chi connectivity index (χ0n) is 45.2. The van der Waals surface area contributed by atoms with Gasteiger partial charge in [0.05, 0.1) is 73.6 Å². The lowest BCUT2D eigenvalue weighted by molar-refractivity contribution is -0.112. The molecule has 0 aliphatic carbocycles. The second-order valence-corrected chi connectivity index (χ2v) is 18.1. The second-order valence-electron chi connectivity index (χ2n) is 17.7. The molecule has 0 bridgehead atoms. The third-order valence-electron chi connectivity index (χ3n) is 12.0. The number of methoxy groups -OCH3 is 4. The number of hydrogen-bond acceptors (Lipinski definition) is 17. The lowest BCUT2D eigenvalue weighted by atomic mass is 10.2. The van der Waals surface area contributed by atoms with Gasteiger partial charge < -0.3 is 69.4 Å². The Kier molecular flexibility index (Phi) is 20.2. The van der Waals surface area contributed by atoms with Gasteiger partial charge in [-0.25, -0.2) is 9.97 Å². The van der Waals surface area contributed by atoms with Gasteiger partial charge >= 0.3 is 0 Å². The van der Waals surface area contributed by atoms with Crippen molar-refractivity contribution < 1.29 is 28.5 Å². The predicted molar refractivity (Wildman–Crippen MR) is 311 cm³/mol. The number of nitrogen functional groups attached to an aromatic ring is 1.